The van der Waals surface area contributed by atoms with Crippen molar-refractivity contribution >= 4 is 35.1 Å². The number of anilines is 2. The van der Waals surface area contributed by atoms with E-state index in [1.165, 1.54) is 11.8 Å². The molecule has 2 aromatic heterocycles. The Morgan fingerprint density at radius 1 is 0.943 bits per heavy atom. The van der Waals surface area contributed by atoms with Crippen LogP contribution in [0.5, 0.6) is 0 Å². The van der Waals surface area contributed by atoms with Gasteiger partial charge >= 0.3 is 6.03 Å². The highest BCUT2D eigenvalue weighted by Crippen LogP contribution is 2.26. The Kier molecular flexibility index (Phi) is 6.80. The van der Waals surface area contributed by atoms with Crippen LogP contribution in [0.15, 0.2) is 82.6 Å². The zero-order chi connectivity index (χ0) is 24.0. The number of carbonyl (C=O) groups is 2. The predicted molar refractivity (Wildman–Crippen MR) is 134 cm³/mol. The maximum atomic E-state index is 12.6. The number of urea groups is 1. The number of nitrogens with one attached hydrogen (secondary N) is 3. The largest absolute Gasteiger partial charge is 0.461 e. The Morgan fingerprint density at radius 3 is 2.37 bits per heavy atom. The van der Waals surface area contributed by atoms with Crippen molar-refractivity contribution in [2.75, 3.05) is 16.4 Å². The molecule has 0 unspecified atom stereocenters. The number of furan rings is 1. The van der Waals surface area contributed by atoms with Crippen LogP contribution < -0.4 is 16.0 Å². The van der Waals surface area contributed by atoms with Crippen LogP contribution in [0.1, 0.15) is 18.4 Å². The van der Waals surface area contributed by atoms with Gasteiger partial charge in [-0.1, -0.05) is 42.1 Å². The maximum absolute atomic E-state index is 12.6. The molecule has 0 bridgehead atoms. The topological polar surface area (TPSA) is 114 Å². The molecule has 0 saturated heterocycles. The molecule has 0 aliphatic heterocycles. The first kappa shape index (κ1) is 22.7. The maximum Gasteiger partial charge on any atom is 0.319 e. The molecule has 10 heteroatoms. The number of rotatable bonds is 9. The van der Waals surface area contributed by atoms with Crippen molar-refractivity contribution in [1.29, 1.82) is 0 Å². The van der Waals surface area contributed by atoms with E-state index in [-0.39, 0.29) is 17.7 Å². The standard InChI is InChI=1S/C25H24N6O3S/c32-22(26-18-8-10-19(11-9-18)27-24(33)28-20-12-13-20)16-35-25-30-29-23(21-7-4-14-34-21)31(25)15-17-5-2-1-3-6-17/h1-11,14,20H,12-13,15-16H2,(H,26,32)(H2,27,28,33). The molecule has 2 heterocycles. The van der Waals surface area contributed by atoms with Gasteiger partial charge in [-0.25, -0.2) is 4.79 Å². The molecule has 2 aromatic carbocycles. The van der Waals surface area contributed by atoms with Crippen LogP contribution in [-0.2, 0) is 11.3 Å². The second kappa shape index (κ2) is 10.5. The highest BCUT2D eigenvalue weighted by atomic mass is 32.2. The summed E-state index contributed by atoms with van der Waals surface area (Å²) in [6, 6.07) is 20.7. The van der Waals surface area contributed by atoms with Crippen LogP contribution in [0.25, 0.3) is 11.6 Å². The number of amides is 3. The third-order valence-electron chi connectivity index (χ3n) is 5.31. The van der Waals surface area contributed by atoms with Gasteiger partial charge in [0.15, 0.2) is 10.9 Å². The Bertz CT molecular complexity index is 1280. The van der Waals surface area contributed by atoms with E-state index in [4.69, 9.17) is 4.42 Å². The van der Waals surface area contributed by atoms with Gasteiger partial charge in [-0.05, 0) is 54.8 Å². The first-order chi connectivity index (χ1) is 17.1. The molecule has 5 rings (SSSR count). The molecule has 178 valence electrons. The minimum atomic E-state index is -0.214. The zero-order valence-electron chi connectivity index (χ0n) is 18.8. The molecular formula is C25H24N6O3S. The lowest BCUT2D eigenvalue weighted by molar-refractivity contribution is -0.113. The van der Waals surface area contributed by atoms with Crippen molar-refractivity contribution in [3.63, 3.8) is 0 Å². The number of hydrogen-bond donors (Lipinski definition) is 3. The number of thioether (sulfide) groups is 1. The van der Waals surface area contributed by atoms with Crippen LogP contribution in [-0.4, -0.2) is 38.5 Å². The molecule has 0 spiro atoms. The second-order valence-electron chi connectivity index (χ2n) is 8.14. The van der Waals surface area contributed by atoms with E-state index in [1.54, 1.807) is 36.6 Å². The van der Waals surface area contributed by atoms with Crippen molar-refractivity contribution in [2.24, 2.45) is 0 Å². The third kappa shape index (κ3) is 6.10. The van der Waals surface area contributed by atoms with Crippen molar-refractivity contribution in [1.82, 2.24) is 20.1 Å². The molecule has 3 amide bonds. The highest BCUT2D eigenvalue weighted by molar-refractivity contribution is 7.99. The van der Waals surface area contributed by atoms with Gasteiger partial charge < -0.3 is 20.4 Å². The number of aromatic nitrogens is 3. The smallest absolute Gasteiger partial charge is 0.319 e. The summed E-state index contributed by atoms with van der Waals surface area (Å²) in [5.74, 6) is 1.21. The summed E-state index contributed by atoms with van der Waals surface area (Å²) in [4.78, 5) is 24.4. The van der Waals surface area contributed by atoms with E-state index in [1.807, 2.05) is 41.0 Å². The van der Waals surface area contributed by atoms with Gasteiger partial charge in [0, 0.05) is 17.4 Å². The lowest BCUT2D eigenvalue weighted by atomic mass is 10.2. The predicted octanol–water partition coefficient (Wildman–Crippen LogP) is 4.60. The number of benzene rings is 2. The fourth-order valence-electron chi connectivity index (χ4n) is 3.44. The van der Waals surface area contributed by atoms with E-state index >= 15 is 0 Å². The minimum absolute atomic E-state index is 0.162. The molecule has 1 saturated carbocycles. The lowest BCUT2D eigenvalue weighted by Crippen LogP contribution is -2.30. The monoisotopic (exact) mass is 488 g/mol. The van der Waals surface area contributed by atoms with E-state index in [0.29, 0.717) is 40.7 Å². The molecule has 0 atom stereocenters. The summed E-state index contributed by atoms with van der Waals surface area (Å²) < 4.78 is 7.47. The summed E-state index contributed by atoms with van der Waals surface area (Å²) in [6.45, 7) is 0.552. The Labute approximate surface area is 206 Å². The molecule has 9 nitrogen and oxygen atoms in total. The van der Waals surface area contributed by atoms with E-state index in [0.717, 1.165) is 18.4 Å². The molecule has 3 N–H and O–H groups in total. The van der Waals surface area contributed by atoms with Gasteiger partial charge in [0.05, 0.1) is 18.6 Å². The first-order valence-electron chi connectivity index (χ1n) is 11.3. The van der Waals surface area contributed by atoms with Crippen molar-refractivity contribution in [3.05, 3.63) is 78.6 Å². The minimum Gasteiger partial charge on any atom is -0.461 e. The fraction of sp³-hybridized carbons (Fsp3) is 0.200. The number of carbonyl (C=O) groups excluding carboxylic acids is 2. The molecule has 1 aliphatic rings. The van der Waals surface area contributed by atoms with Gasteiger partial charge in [-0.2, -0.15) is 0 Å². The van der Waals surface area contributed by atoms with E-state index < -0.39 is 0 Å². The molecule has 0 radical (unpaired) electrons. The molecular weight excluding hydrogens is 464 g/mol. The normalized spacial score (nSPS) is 12.8. The first-order valence-corrected chi connectivity index (χ1v) is 12.2. The average Bonchev–Trinajstić information content (AvgIpc) is 3.34. The SMILES string of the molecule is O=C(CSc1nnc(-c2ccco2)n1Cc1ccccc1)Nc1ccc(NC(=O)NC2CC2)cc1. The summed E-state index contributed by atoms with van der Waals surface area (Å²) >= 11 is 1.31. The van der Waals surface area contributed by atoms with Gasteiger partial charge in [0.2, 0.25) is 11.7 Å². The van der Waals surface area contributed by atoms with Crippen molar-refractivity contribution in [3.8, 4) is 11.6 Å². The van der Waals surface area contributed by atoms with Gasteiger partial charge in [0.1, 0.15) is 0 Å². The highest BCUT2D eigenvalue weighted by Gasteiger charge is 2.23. The Hall–Kier alpha value is -4.05. The summed E-state index contributed by atoms with van der Waals surface area (Å²) in [5, 5.41) is 17.8. The number of hydrogen-bond acceptors (Lipinski definition) is 6. The lowest BCUT2D eigenvalue weighted by Gasteiger charge is -2.10. The third-order valence-corrected chi connectivity index (χ3v) is 6.28. The zero-order valence-corrected chi connectivity index (χ0v) is 19.6. The summed E-state index contributed by atoms with van der Waals surface area (Å²) in [5.41, 5.74) is 2.40. The number of nitrogens with zero attached hydrogens (tertiary/aromatic N) is 3. The second-order valence-corrected chi connectivity index (χ2v) is 9.08. The molecule has 4 aromatic rings. The van der Waals surface area contributed by atoms with Gasteiger partial charge in [-0.3, -0.25) is 9.36 Å². The average molecular weight is 489 g/mol. The van der Waals surface area contributed by atoms with Crippen LogP contribution in [0.2, 0.25) is 0 Å². The summed E-state index contributed by atoms with van der Waals surface area (Å²) in [6.07, 6.45) is 3.66. The molecule has 35 heavy (non-hydrogen) atoms. The van der Waals surface area contributed by atoms with Crippen LogP contribution in [0, 0.1) is 0 Å². The van der Waals surface area contributed by atoms with Gasteiger partial charge in [0.25, 0.3) is 0 Å². The van der Waals surface area contributed by atoms with E-state index in [2.05, 4.69) is 26.1 Å². The fourth-order valence-corrected chi connectivity index (χ4v) is 4.17. The van der Waals surface area contributed by atoms with Crippen molar-refractivity contribution in [2.45, 2.75) is 30.6 Å². The molecule has 1 aliphatic carbocycles. The summed E-state index contributed by atoms with van der Waals surface area (Å²) in [7, 11) is 0. The van der Waals surface area contributed by atoms with Crippen LogP contribution in [0.4, 0.5) is 16.2 Å². The Morgan fingerprint density at radius 2 is 1.69 bits per heavy atom. The van der Waals surface area contributed by atoms with Crippen molar-refractivity contribution < 1.29 is 14.0 Å². The van der Waals surface area contributed by atoms with Crippen LogP contribution in [0.3, 0.4) is 0 Å². The van der Waals surface area contributed by atoms with E-state index in [9.17, 15) is 9.59 Å². The Balaban J connectivity index is 1.20. The quantitative estimate of drug-likeness (QED) is 0.297. The molecule has 1 fully saturated rings. The van der Waals surface area contributed by atoms with Crippen LogP contribution >= 0.6 is 11.8 Å². The van der Waals surface area contributed by atoms with Gasteiger partial charge in [-0.15, -0.1) is 10.2 Å².